The van der Waals surface area contributed by atoms with Crippen LogP contribution in [0.5, 0.6) is 0 Å². The van der Waals surface area contributed by atoms with Gasteiger partial charge in [0.15, 0.2) is 0 Å². The van der Waals surface area contributed by atoms with Gasteiger partial charge in [-0.05, 0) is 52.4 Å². The summed E-state index contributed by atoms with van der Waals surface area (Å²) < 4.78 is 0. The van der Waals surface area contributed by atoms with E-state index in [0.29, 0.717) is 6.04 Å². The molecule has 1 fully saturated rings. The van der Waals surface area contributed by atoms with Gasteiger partial charge in [-0.1, -0.05) is 12.8 Å². The van der Waals surface area contributed by atoms with Crippen LogP contribution >= 0.6 is 11.3 Å². The number of fused-ring (bicyclic) bond motifs is 1. The van der Waals surface area contributed by atoms with Crippen molar-refractivity contribution in [3.05, 3.63) is 15.6 Å². The summed E-state index contributed by atoms with van der Waals surface area (Å²) in [5.74, 6) is 0. The molecule has 2 nitrogen and oxygen atoms in total. The lowest BCUT2D eigenvalue weighted by Gasteiger charge is -2.30. The molecule has 0 saturated heterocycles. The minimum Gasteiger partial charge on any atom is -0.303 e. The van der Waals surface area contributed by atoms with Crippen LogP contribution in [0, 0.1) is 0 Å². The topological polar surface area (TPSA) is 24.9 Å². The lowest BCUT2D eigenvalue weighted by atomic mass is 9.97. The predicted octanol–water partition coefficient (Wildman–Crippen LogP) is 3.79. The number of rotatable bonds is 3. The molecule has 0 unspecified atom stereocenters. The van der Waals surface area contributed by atoms with E-state index in [0.717, 1.165) is 0 Å². The molecule has 1 saturated carbocycles. The Hall–Kier alpha value is -0.410. The van der Waals surface area contributed by atoms with Crippen LogP contribution < -0.4 is 5.32 Å². The molecule has 18 heavy (non-hydrogen) atoms. The third kappa shape index (κ3) is 2.23. The van der Waals surface area contributed by atoms with Gasteiger partial charge in [0.2, 0.25) is 0 Å². The summed E-state index contributed by atoms with van der Waals surface area (Å²) in [5, 5.41) is 5.22. The van der Waals surface area contributed by atoms with E-state index in [9.17, 15) is 0 Å². The van der Waals surface area contributed by atoms with Gasteiger partial charge in [-0.3, -0.25) is 0 Å². The zero-order valence-electron chi connectivity index (χ0n) is 11.6. The molecule has 0 aromatic carbocycles. The van der Waals surface area contributed by atoms with Gasteiger partial charge in [0.05, 0.1) is 11.2 Å². The lowest BCUT2D eigenvalue weighted by molar-refractivity contribution is 0.310. The number of hydrogen-bond acceptors (Lipinski definition) is 3. The highest BCUT2D eigenvalue weighted by molar-refractivity contribution is 7.11. The standard InChI is InChI=1S/C15H24N2S/c1-11(2)17-15(9-5-6-10-15)14-16-12-7-3-4-8-13(12)18-14/h11,17H,3-10H2,1-2H3. The number of aromatic nitrogens is 1. The fourth-order valence-electron chi connectivity index (χ4n) is 3.51. The van der Waals surface area contributed by atoms with Crippen molar-refractivity contribution in [3.8, 4) is 0 Å². The molecular weight excluding hydrogens is 240 g/mol. The van der Waals surface area contributed by atoms with E-state index in [2.05, 4.69) is 19.2 Å². The minimum atomic E-state index is 0.205. The summed E-state index contributed by atoms with van der Waals surface area (Å²) >= 11 is 2.00. The van der Waals surface area contributed by atoms with E-state index < -0.39 is 0 Å². The molecule has 1 aromatic rings. The normalized spacial score (nSPS) is 22.4. The van der Waals surface area contributed by atoms with Crippen molar-refractivity contribution in [3.63, 3.8) is 0 Å². The summed E-state index contributed by atoms with van der Waals surface area (Å²) in [4.78, 5) is 6.59. The highest BCUT2D eigenvalue weighted by Gasteiger charge is 2.39. The van der Waals surface area contributed by atoms with Crippen molar-refractivity contribution in [2.75, 3.05) is 0 Å². The van der Waals surface area contributed by atoms with E-state index in [-0.39, 0.29) is 5.54 Å². The van der Waals surface area contributed by atoms with Crippen LogP contribution in [0.4, 0.5) is 0 Å². The molecule has 0 amide bonds. The molecule has 0 atom stereocenters. The van der Waals surface area contributed by atoms with Crippen molar-refractivity contribution in [2.24, 2.45) is 0 Å². The lowest BCUT2D eigenvalue weighted by Crippen LogP contribution is -2.43. The average molecular weight is 264 g/mol. The highest BCUT2D eigenvalue weighted by Crippen LogP contribution is 2.42. The van der Waals surface area contributed by atoms with Crippen LogP contribution in [0.2, 0.25) is 0 Å². The van der Waals surface area contributed by atoms with Gasteiger partial charge >= 0.3 is 0 Å². The van der Waals surface area contributed by atoms with E-state index in [1.54, 1.807) is 4.88 Å². The maximum atomic E-state index is 5.01. The molecule has 2 aliphatic rings. The van der Waals surface area contributed by atoms with Crippen molar-refractivity contribution in [1.29, 1.82) is 0 Å². The first-order chi connectivity index (χ1) is 8.70. The maximum absolute atomic E-state index is 5.01. The van der Waals surface area contributed by atoms with Gasteiger partial charge in [-0.15, -0.1) is 11.3 Å². The van der Waals surface area contributed by atoms with E-state index in [1.807, 2.05) is 11.3 Å². The second-order valence-corrected chi connectivity index (χ2v) is 7.27. The summed E-state index contributed by atoms with van der Waals surface area (Å²) in [5.41, 5.74) is 1.62. The van der Waals surface area contributed by atoms with E-state index in [1.165, 1.54) is 62.1 Å². The van der Waals surface area contributed by atoms with Crippen LogP contribution in [0.1, 0.15) is 68.0 Å². The molecule has 1 heterocycles. The second-order valence-electron chi connectivity index (χ2n) is 6.18. The molecule has 0 aliphatic heterocycles. The Bertz CT molecular complexity index is 393. The Morgan fingerprint density at radius 2 is 1.83 bits per heavy atom. The maximum Gasteiger partial charge on any atom is 0.113 e. The fraction of sp³-hybridized carbons (Fsp3) is 0.800. The average Bonchev–Trinajstić information content (AvgIpc) is 2.94. The van der Waals surface area contributed by atoms with Crippen molar-refractivity contribution < 1.29 is 0 Å². The van der Waals surface area contributed by atoms with Gasteiger partial charge in [0.1, 0.15) is 5.01 Å². The van der Waals surface area contributed by atoms with Crippen molar-refractivity contribution in [2.45, 2.75) is 76.8 Å². The molecule has 0 radical (unpaired) electrons. The zero-order valence-corrected chi connectivity index (χ0v) is 12.4. The Morgan fingerprint density at radius 3 is 2.50 bits per heavy atom. The summed E-state index contributed by atoms with van der Waals surface area (Å²) in [6.07, 6.45) is 10.4. The minimum absolute atomic E-state index is 0.205. The first kappa shape index (κ1) is 12.6. The van der Waals surface area contributed by atoms with Gasteiger partial charge in [-0.25, -0.2) is 4.98 Å². The quantitative estimate of drug-likeness (QED) is 0.898. The van der Waals surface area contributed by atoms with Crippen molar-refractivity contribution >= 4 is 11.3 Å². The van der Waals surface area contributed by atoms with Crippen LogP contribution in [-0.4, -0.2) is 11.0 Å². The van der Waals surface area contributed by atoms with Gasteiger partial charge in [-0.2, -0.15) is 0 Å². The van der Waals surface area contributed by atoms with Gasteiger partial charge in [0, 0.05) is 10.9 Å². The van der Waals surface area contributed by atoms with Crippen molar-refractivity contribution in [1.82, 2.24) is 10.3 Å². The molecule has 0 bridgehead atoms. The van der Waals surface area contributed by atoms with Crippen LogP contribution in [-0.2, 0) is 18.4 Å². The third-order valence-corrected chi connectivity index (χ3v) is 5.64. The van der Waals surface area contributed by atoms with Crippen LogP contribution in [0.25, 0.3) is 0 Å². The predicted molar refractivity (Wildman–Crippen MR) is 77.2 cm³/mol. The van der Waals surface area contributed by atoms with Gasteiger partial charge in [0.25, 0.3) is 0 Å². The molecule has 3 rings (SSSR count). The molecule has 2 aliphatic carbocycles. The SMILES string of the molecule is CC(C)NC1(c2nc3c(s2)CCCC3)CCCC1. The highest BCUT2D eigenvalue weighted by atomic mass is 32.1. The second kappa shape index (κ2) is 4.93. The Labute approximate surface area is 114 Å². The van der Waals surface area contributed by atoms with Crippen LogP contribution in [0.3, 0.4) is 0 Å². The molecule has 3 heteroatoms. The molecule has 1 aromatic heterocycles. The number of nitrogens with zero attached hydrogens (tertiary/aromatic N) is 1. The monoisotopic (exact) mass is 264 g/mol. The number of aryl methyl sites for hydroxylation is 2. The zero-order chi connectivity index (χ0) is 12.6. The van der Waals surface area contributed by atoms with E-state index in [4.69, 9.17) is 4.98 Å². The first-order valence-corrected chi connectivity index (χ1v) is 8.28. The smallest absolute Gasteiger partial charge is 0.113 e. The van der Waals surface area contributed by atoms with Gasteiger partial charge < -0.3 is 5.32 Å². The van der Waals surface area contributed by atoms with Crippen LogP contribution in [0.15, 0.2) is 0 Å². The molecule has 0 spiro atoms. The summed E-state index contributed by atoms with van der Waals surface area (Å²) in [6.45, 7) is 4.52. The largest absolute Gasteiger partial charge is 0.303 e. The number of hydrogen-bond donors (Lipinski definition) is 1. The molecule has 100 valence electrons. The Morgan fingerprint density at radius 1 is 1.11 bits per heavy atom. The fourth-order valence-corrected chi connectivity index (χ4v) is 4.87. The molecular formula is C15H24N2S. The third-order valence-electron chi connectivity index (χ3n) is 4.28. The number of thiazole rings is 1. The Balaban J connectivity index is 1.92. The first-order valence-electron chi connectivity index (χ1n) is 7.46. The summed E-state index contributed by atoms with van der Waals surface area (Å²) in [7, 11) is 0. The van der Waals surface area contributed by atoms with E-state index >= 15 is 0 Å². The Kier molecular flexibility index (Phi) is 3.46. The number of nitrogens with one attached hydrogen (secondary N) is 1. The summed E-state index contributed by atoms with van der Waals surface area (Å²) in [6, 6.07) is 0.545. The molecule has 1 N–H and O–H groups in total.